The number of halogens is 2. The molecule has 0 aliphatic rings. The third-order valence-corrected chi connectivity index (χ3v) is 4.36. The highest BCUT2D eigenvalue weighted by Gasteiger charge is 2.06. The maximum Gasteiger partial charge on any atom is 0.277 e. The van der Waals surface area contributed by atoms with Crippen LogP contribution in [0.15, 0.2) is 44.4 Å². The van der Waals surface area contributed by atoms with Crippen molar-refractivity contribution in [1.82, 2.24) is 5.43 Å². The average molecular weight is 456 g/mol. The Morgan fingerprint density at radius 1 is 1.25 bits per heavy atom. The van der Waals surface area contributed by atoms with E-state index in [-0.39, 0.29) is 12.4 Å². The lowest BCUT2D eigenvalue weighted by molar-refractivity contribution is -0.123. The van der Waals surface area contributed by atoms with Gasteiger partial charge in [-0.05, 0) is 65.2 Å². The smallest absolute Gasteiger partial charge is 0.277 e. The Hall–Kier alpha value is -1.86. The summed E-state index contributed by atoms with van der Waals surface area (Å²) in [7, 11) is 0. The standard InChI is InChI=1S/C17H16Br2N2O3/c1-10-3-4-14(5-11(10)2)24-9-16(22)21-20-8-12-6-13(18)7-15(19)17(12)23/h3-8,23H,9H2,1-2H3,(H,21,22)/b20-8-. The van der Waals surface area contributed by atoms with Crippen LogP contribution >= 0.6 is 31.9 Å². The molecule has 2 N–H and O–H groups in total. The molecule has 5 nitrogen and oxygen atoms in total. The van der Waals surface area contributed by atoms with Gasteiger partial charge in [-0.1, -0.05) is 22.0 Å². The average Bonchev–Trinajstić information content (AvgIpc) is 2.53. The number of carbonyl (C=O) groups excluding carboxylic acids is 1. The summed E-state index contributed by atoms with van der Waals surface area (Å²) in [6.07, 6.45) is 1.36. The number of nitrogens with one attached hydrogen (secondary N) is 1. The molecule has 0 saturated heterocycles. The van der Waals surface area contributed by atoms with Crippen molar-refractivity contribution in [2.24, 2.45) is 5.10 Å². The molecule has 7 heteroatoms. The second-order valence-electron chi connectivity index (χ2n) is 5.15. The van der Waals surface area contributed by atoms with Crippen molar-refractivity contribution < 1.29 is 14.6 Å². The topological polar surface area (TPSA) is 70.9 Å². The first-order valence-corrected chi connectivity index (χ1v) is 8.65. The summed E-state index contributed by atoms with van der Waals surface area (Å²) in [5.74, 6) is 0.284. The summed E-state index contributed by atoms with van der Waals surface area (Å²) >= 11 is 6.55. The van der Waals surface area contributed by atoms with Crippen LogP contribution in [0, 0.1) is 13.8 Å². The SMILES string of the molecule is Cc1ccc(OCC(=O)N/N=C\c2cc(Br)cc(Br)c2O)cc1C. The van der Waals surface area contributed by atoms with E-state index in [4.69, 9.17) is 4.74 Å². The summed E-state index contributed by atoms with van der Waals surface area (Å²) in [6, 6.07) is 9.03. The fourth-order valence-electron chi connectivity index (χ4n) is 1.84. The first kappa shape index (κ1) is 18.5. The quantitative estimate of drug-likeness (QED) is 0.527. The van der Waals surface area contributed by atoms with Gasteiger partial charge in [0, 0.05) is 10.0 Å². The van der Waals surface area contributed by atoms with Crippen LogP contribution in [0.5, 0.6) is 11.5 Å². The number of carbonyl (C=O) groups is 1. The number of rotatable bonds is 5. The molecule has 0 saturated carbocycles. The number of amides is 1. The van der Waals surface area contributed by atoms with Crippen molar-refractivity contribution in [2.75, 3.05) is 6.61 Å². The Morgan fingerprint density at radius 3 is 2.71 bits per heavy atom. The Balaban J connectivity index is 1.90. The number of aryl methyl sites for hydroxylation is 2. The van der Waals surface area contributed by atoms with Crippen molar-refractivity contribution in [3.8, 4) is 11.5 Å². The third kappa shape index (κ3) is 5.07. The monoisotopic (exact) mass is 454 g/mol. The molecular weight excluding hydrogens is 440 g/mol. The number of hydrogen-bond acceptors (Lipinski definition) is 4. The minimum absolute atomic E-state index is 0.0441. The number of hydrogen-bond donors (Lipinski definition) is 2. The highest BCUT2D eigenvalue weighted by atomic mass is 79.9. The molecule has 0 unspecified atom stereocenters. The molecule has 0 aliphatic heterocycles. The van der Waals surface area contributed by atoms with Gasteiger partial charge in [-0.15, -0.1) is 0 Å². The van der Waals surface area contributed by atoms with Crippen LogP contribution in [0.1, 0.15) is 16.7 Å². The second-order valence-corrected chi connectivity index (χ2v) is 6.92. The summed E-state index contributed by atoms with van der Waals surface area (Å²) in [4.78, 5) is 11.7. The van der Waals surface area contributed by atoms with E-state index in [1.165, 1.54) is 6.21 Å². The molecule has 0 aliphatic carbocycles. The summed E-state index contributed by atoms with van der Waals surface area (Å²) < 4.78 is 6.72. The fourth-order valence-corrected chi connectivity index (χ4v) is 3.10. The molecule has 0 atom stereocenters. The molecule has 2 rings (SSSR count). The normalized spacial score (nSPS) is 10.8. The van der Waals surface area contributed by atoms with E-state index in [1.807, 2.05) is 32.0 Å². The van der Waals surface area contributed by atoms with Gasteiger partial charge >= 0.3 is 0 Å². The van der Waals surface area contributed by atoms with Crippen LogP contribution in [-0.2, 0) is 4.79 Å². The van der Waals surface area contributed by atoms with E-state index < -0.39 is 5.91 Å². The van der Waals surface area contributed by atoms with Crippen molar-refractivity contribution >= 4 is 44.0 Å². The molecule has 1 amide bonds. The molecule has 0 fully saturated rings. The largest absolute Gasteiger partial charge is 0.506 e. The Labute approximate surface area is 157 Å². The zero-order valence-corrected chi connectivity index (χ0v) is 16.3. The van der Waals surface area contributed by atoms with E-state index in [1.54, 1.807) is 12.1 Å². The van der Waals surface area contributed by atoms with Gasteiger partial charge in [-0.25, -0.2) is 5.43 Å². The molecule has 0 radical (unpaired) electrons. The predicted molar refractivity (Wildman–Crippen MR) is 101 cm³/mol. The van der Waals surface area contributed by atoms with E-state index in [9.17, 15) is 9.90 Å². The molecular formula is C17H16Br2N2O3. The number of hydrazone groups is 1. The maximum atomic E-state index is 11.7. The summed E-state index contributed by atoms with van der Waals surface area (Å²) in [5, 5.41) is 13.7. The highest BCUT2D eigenvalue weighted by molar-refractivity contribution is 9.11. The Bertz CT molecular complexity index is 792. The van der Waals surface area contributed by atoms with Gasteiger partial charge in [-0.3, -0.25) is 4.79 Å². The van der Waals surface area contributed by atoms with Crippen molar-refractivity contribution in [2.45, 2.75) is 13.8 Å². The molecule has 0 bridgehead atoms. The van der Waals surface area contributed by atoms with Crippen LogP contribution in [-0.4, -0.2) is 23.8 Å². The van der Waals surface area contributed by atoms with Gasteiger partial charge < -0.3 is 9.84 Å². The van der Waals surface area contributed by atoms with Gasteiger partial charge in [0.05, 0.1) is 10.7 Å². The first-order chi connectivity index (χ1) is 11.4. The summed E-state index contributed by atoms with van der Waals surface area (Å²) in [6.45, 7) is 3.85. The second kappa shape index (κ2) is 8.30. The van der Waals surface area contributed by atoms with Crippen molar-refractivity contribution in [3.05, 3.63) is 56.0 Å². The summed E-state index contributed by atoms with van der Waals surface area (Å²) in [5.41, 5.74) is 5.08. The van der Waals surface area contributed by atoms with Gasteiger partial charge in [0.2, 0.25) is 0 Å². The number of phenols is 1. The van der Waals surface area contributed by atoms with Gasteiger partial charge in [0.25, 0.3) is 5.91 Å². The molecule has 0 spiro atoms. The van der Waals surface area contributed by atoms with Crippen LogP contribution in [0.3, 0.4) is 0 Å². The van der Waals surface area contributed by atoms with Crippen LogP contribution in [0.25, 0.3) is 0 Å². The number of aromatic hydroxyl groups is 1. The van der Waals surface area contributed by atoms with Crippen LogP contribution in [0.2, 0.25) is 0 Å². The minimum Gasteiger partial charge on any atom is -0.506 e. The molecule has 126 valence electrons. The minimum atomic E-state index is -0.391. The van der Waals surface area contributed by atoms with Crippen LogP contribution in [0.4, 0.5) is 0 Å². The van der Waals surface area contributed by atoms with Crippen molar-refractivity contribution in [1.29, 1.82) is 0 Å². The molecule has 0 aromatic heterocycles. The zero-order valence-electron chi connectivity index (χ0n) is 13.1. The van der Waals surface area contributed by atoms with Gasteiger partial charge in [0.1, 0.15) is 11.5 Å². The fraction of sp³-hybridized carbons (Fsp3) is 0.176. The number of benzene rings is 2. The molecule has 2 aromatic carbocycles. The predicted octanol–water partition coefficient (Wildman–Crippen LogP) is 4.06. The number of phenolic OH excluding ortho intramolecular Hbond substituents is 1. The maximum absolute atomic E-state index is 11.7. The molecule has 24 heavy (non-hydrogen) atoms. The lowest BCUT2D eigenvalue weighted by atomic mass is 10.1. The van der Waals surface area contributed by atoms with Gasteiger partial charge in [-0.2, -0.15) is 5.10 Å². The third-order valence-electron chi connectivity index (χ3n) is 3.30. The van der Waals surface area contributed by atoms with Gasteiger partial charge in [0.15, 0.2) is 6.61 Å². The van der Waals surface area contributed by atoms with E-state index in [2.05, 4.69) is 42.4 Å². The van der Waals surface area contributed by atoms with Crippen LogP contribution < -0.4 is 10.2 Å². The Morgan fingerprint density at radius 2 is 2.00 bits per heavy atom. The molecule has 0 heterocycles. The van der Waals surface area contributed by atoms with Crippen molar-refractivity contribution in [3.63, 3.8) is 0 Å². The Kier molecular flexibility index (Phi) is 6.39. The number of nitrogens with zero attached hydrogens (tertiary/aromatic N) is 1. The zero-order chi connectivity index (χ0) is 17.7. The molecule has 2 aromatic rings. The van der Waals surface area contributed by atoms with E-state index >= 15 is 0 Å². The highest BCUT2D eigenvalue weighted by Crippen LogP contribution is 2.30. The first-order valence-electron chi connectivity index (χ1n) is 7.07. The number of ether oxygens (including phenoxy) is 1. The van der Waals surface area contributed by atoms with E-state index in [0.29, 0.717) is 15.8 Å². The lowest BCUT2D eigenvalue weighted by Gasteiger charge is -2.07. The van der Waals surface area contributed by atoms with E-state index in [0.717, 1.165) is 15.6 Å². The lowest BCUT2D eigenvalue weighted by Crippen LogP contribution is -2.24.